The maximum Gasteiger partial charge on any atom is 0.272 e. The van der Waals surface area contributed by atoms with Crippen LogP contribution in [0, 0.1) is 0 Å². The average Bonchev–Trinajstić information content (AvgIpc) is 2.44. The average molecular weight is 340 g/mol. The summed E-state index contributed by atoms with van der Waals surface area (Å²) in [4.78, 5) is 18.4. The third-order valence-corrected chi connectivity index (χ3v) is 3.37. The lowest BCUT2D eigenvalue weighted by molar-refractivity contribution is 0.0684. The van der Waals surface area contributed by atoms with E-state index in [1.165, 1.54) is 6.20 Å². The van der Waals surface area contributed by atoms with Gasteiger partial charge in [0.15, 0.2) is 0 Å². The molecule has 1 aromatic heterocycles. The molecule has 0 bridgehead atoms. The first-order chi connectivity index (χ1) is 9.97. The maximum atomic E-state index is 12.6. The minimum Gasteiger partial charge on any atom is -0.397 e. The Hall–Kier alpha value is -1.78. The van der Waals surface area contributed by atoms with Crippen molar-refractivity contribution in [2.24, 2.45) is 0 Å². The van der Waals surface area contributed by atoms with Crippen molar-refractivity contribution in [3.05, 3.63) is 58.9 Å². The smallest absolute Gasteiger partial charge is 0.272 e. The molecule has 0 atom stereocenters. The van der Waals surface area contributed by atoms with E-state index in [0.717, 1.165) is 5.56 Å². The third kappa shape index (κ3) is 4.61. The molecule has 4 nitrogen and oxygen atoms in total. The number of amides is 1. The van der Waals surface area contributed by atoms with E-state index in [1.54, 1.807) is 17.0 Å². The van der Waals surface area contributed by atoms with Gasteiger partial charge in [0.2, 0.25) is 0 Å². The van der Waals surface area contributed by atoms with Gasteiger partial charge in [-0.05, 0) is 43.7 Å². The molecular formula is C16H19Cl2N3O. The highest BCUT2D eigenvalue weighted by Gasteiger charge is 2.20. The SMILES string of the molecule is CC(C)N(Cc1cccc(Cl)c1)C(=O)c1ccc(N)cn1.Cl. The van der Waals surface area contributed by atoms with Crippen molar-refractivity contribution in [2.75, 3.05) is 5.73 Å². The van der Waals surface area contributed by atoms with E-state index in [2.05, 4.69) is 4.98 Å². The number of nitrogens with two attached hydrogens (primary N) is 1. The standard InChI is InChI=1S/C16H18ClN3O.ClH/c1-11(2)20(10-12-4-3-5-13(17)8-12)16(21)15-7-6-14(18)9-19-15;/h3-9,11H,10,18H2,1-2H3;1H. The van der Waals surface area contributed by atoms with E-state index in [0.29, 0.717) is 22.9 Å². The first kappa shape index (κ1) is 18.3. The summed E-state index contributed by atoms with van der Waals surface area (Å²) in [5.41, 5.74) is 7.52. The van der Waals surface area contributed by atoms with Gasteiger partial charge >= 0.3 is 0 Å². The number of aromatic nitrogens is 1. The molecule has 0 unspecified atom stereocenters. The first-order valence-electron chi connectivity index (χ1n) is 6.74. The second-order valence-electron chi connectivity index (χ2n) is 5.13. The molecule has 0 saturated heterocycles. The lowest BCUT2D eigenvalue weighted by atomic mass is 10.1. The molecule has 2 N–H and O–H groups in total. The van der Waals surface area contributed by atoms with Crippen molar-refractivity contribution >= 4 is 35.6 Å². The van der Waals surface area contributed by atoms with Crippen LogP contribution >= 0.6 is 24.0 Å². The van der Waals surface area contributed by atoms with Gasteiger partial charge in [-0.1, -0.05) is 23.7 Å². The van der Waals surface area contributed by atoms with Crippen molar-refractivity contribution in [1.82, 2.24) is 9.88 Å². The predicted molar refractivity (Wildman–Crippen MR) is 92.4 cm³/mol. The summed E-state index contributed by atoms with van der Waals surface area (Å²) in [5.74, 6) is -0.120. The summed E-state index contributed by atoms with van der Waals surface area (Å²) in [6.45, 7) is 4.43. The fraction of sp³-hybridized carbons (Fsp3) is 0.250. The molecule has 1 aromatic carbocycles. The Labute approximate surface area is 141 Å². The number of anilines is 1. The summed E-state index contributed by atoms with van der Waals surface area (Å²) in [6, 6.07) is 10.9. The van der Waals surface area contributed by atoms with E-state index in [1.807, 2.05) is 38.1 Å². The van der Waals surface area contributed by atoms with Gasteiger partial charge in [0, 0.05) is 17.6 Å². The molecule has 0 spiro atoms. The Morgan fingerprint density at radius 2 is 2.05 bits per heavy atom. The van der Waals surface area contributed by atoms with E-state index in [-0.39, 0.29) is 24.4 Å². The van der Waals surface area contributed by atoms with Crippen LogP contribution in [0.3, 0.4) is 0 Å². The van der Waals surface area contributed by atoms with E-state index >= 15 is 0 Å². The molecule has 1 amide bonds. The number of hydrogen-bond donors (Lipinski definition) is 1. The molecule has 6 heteroatoms. The van der Waals surface area contributed by atoms with Crippen LogP contribution in [0.5, 0.6) is 0 Å². The van der Waals surface area contributed by atoms with Gasteiger partial charge in [-0.3, -0.25) is 4.79 Å². The Morgan fingerprint density at radius 1 is 1.32 bits per heavy atom. The van der Waals surface area contributed by atoms with Gasteiger partial charge in [0.05, 0.1) is 11.9 Å². The normalized spacial score (nSPS) is 10.2. The molecule has 118 valence electrons. The molecular weight excluding hydrogens is 321 g/mol. The van der Waals surface area contributed by atoms with Gasteiger partial charge in [-0.2, -0.15) is 0 Å². The highest BCUT2D eigenvalue weighted by atomic mass is 35.5. The zero-order valence-electron chi connectivity index (χ0n) is 12.5. The molecule has 0 aliphatic heterocycles. The predicted octanol–water partition coefficient (Wildman–Crippen LogP) is 3.79. The lowest BCUT2D eigenvalue weighted by Crippen LogP contribution is -2.36. The molecule has 2 rings (SSSR count). The van der Waals surface area contributed by atoms with Crippen LogP contribution in [0.1, 0.15) is 29.9 Å². The van der Waals surface area contributed by atoms with Gasteiger partial charge < -0.3 is 10.6 Å². The topological polar surface area (TPSA) is 59.2 Å². The number of nitrogens with zero attached hydrogens (tertiary/aromatic N) is 2. The van der Waals surface area contributed by atoms with Crippen LogP contribution < -0.4 is 5.73 Å². The van der Waals surface area contributed by atoms with Crippen LogP contribution in [0.2, 0.25) is 5.02 Å². The fourth-order valence-corrected chi connectivity index (χ4v) is 2.21. The third-order valence-electron chi connectivity index (χ3n) is 3.13. The van der Waals surface area contributed by atoms with E-state index in [9.17, 15) is 4.79 Å². The molecule has 1 heterocycles. The van der Waals surface area contributed by atoms with Crippen LogP contribution in [0.4, 0.5) is 5.69 Å². The molecule has 22 heavy (non-hydrogen) atoms. The molecule has 0 aliphatic rings. The van der Waals surface area contributed by atoms with Crippen LogP contribution in [0.15, 0.2) is 42.6 Å². The van der Waals surface area contributed by atoms with Crippen molar-refractivity contribution < 1.29 is 4.79 Å². The van der Waals surface area contributed by atoms with Crippen molar-refractivity contribution in [3.8, 4) is 0 Å². The fourth-order valence-electron chi connectivity index (χ4n) is 2.00. The Balaban J connectivity index is 0.00000242. The number of benzene rings is 1. The number of nitrogen functional groups attached to an aromatic ring is 1. The van der Waals surface area contributed by atoms with Crippen molar-refractivity contribution in [1.29, 1.82) is 0 Å². The molecule has 0 radical (unpaired) electrons. The van der Waals surface area contributed by atoms with Crippen LogP contribution in [-0.2, 0) is 6.54 Å². The summed E-state index contributed by atoms with van der Waals surface area (Å²) < 4.78 is 0. The number of hydrogen-bond acceptors (Lipinski definition) is 3. The summed E-state index contributed by atoms with van der Waals surface area (Å²) in [7, 11) is 0. The minimum atomic E-state index is -0.120. The minimum absolute atomic E-state index is 0. The summed E-state index contributed by atoms with van der Waals surface area (Å²) >= 11 is 5.99. The maximum absolute atomic E-state index is 12.6. The number of halogens is 2. The molecule has 2 aromatic rings. The Morgan fingerprint density at radius 3 is 2.59 bits per heavy atom. The molecule has 0 fully saturated rings. The summed E-state index contributed by atoms with van der Waals surface area (Å²) in [5, 5.41) is 0.661. The second kappa shape index (κ2) is 8.01. The van der Waals surface area contributed by atoms with Gasteiger partial charge in [0.1, 0.15) is 5.69 Å². The van der Waals surface area contributed by atoms with Crippen molar-refractivity contribution in [2.45, 2.75) is 26.4 Å². The molecule has 0 saturated carbocycles. The first-order valence-corrected chi connectivity index (χ1v) is 7.12. The summed E-state index contributed by atoms with van der Waals surface area (Å²) in [6.07, 6.45) is 1.49. The number of carbonyl (C=O) groups is 1. The quantitative estimate of drug-likeness (QED) is 0.921. The van der Waals surface area contributed by atoms with E-state index < -0.39 is 0 Å². The molecule has 0 aliphatic carbocycles. The Kier molecular flexibility index (Phi) is 6.65. The van der Waals surface area contributed by atoms with Crippen LogP contribution in [0.25, 0.3) is 0 Å². The number of carbonyl (C=O) groups excluding carboxylic acids is 1. The zero-order chi connectivity index (χ0) is 15.4. The zero-order valence-corrected chi connectivity index (χ0v) is 14.1. The highest BCUT2D eigenvalue weighted by molar-refractivity contribution is 6.30. The largest absolute Gasteiger partial charge is 0.397 e. The van der Waals surface area contributed by atoms with Gasteiger partial charge in [-0.25, -0.2) is 4.98 Å². The lowest BCUT2D eigenvalue weighted by Gasteiger charge is -2.26. The van der Waals surface area contributed by atoms with Gasteiger partial charge in [-0.15, -0.1) is 12.4 Å². The number of pyridine rings is 1. The highest BCUT2D eigenvalue weighted by Crippen LogP contribution is 2.16. The monoisotopic (exact) mass is 339 g/mol. The number of rotatable bonds is 4. The van der Waals surface area contributed by atoms with E-state index in [4.69, 9.17) is 17.3 Å². The van der Waals surface area contributed by atoms with Gasteiger partial charge in [0.25, 0.3) is 5.91 Å². The van der Waals surface area contributed by atoms with Crippen LogP contribution in [-0.4, -0.2) is 21.8 Å². The second-order valence-corrected chi connectivity index (χ2v) is 5.57. The Bertz CT molecular complexity index is 630. The van der Waals surface area contributed by atoms with Crippen molar-refractivity contribution in [3.63, 3.8) is 0 Å².